The van der Waals surface area contributed by atoms with Gasteiger partial charge in [-0.05, 0) is 50.1 Å². The molecule has 0 spiro atoms. The molecule has 1 aliphatic heterocycles. The Morgan fingerprint density at radius 3 is 2.61 bits per heavy atom. The number of rotatable bonds is 4. The zero-order valence-corrected chi connectivity index (χ0v) is 11.7. The molecular weight excluding hydrogens is 224 g/mol. The van der Waals surface area contributed by atoms with Gasteiger partial charge in [-0.15, -0.1) is 0 Å². The minimum Gasteiger partial charge on any atom is -0.497 e. The molecule has 1 fully saturated rings. The number of nitrogens with one attached hydrogen (secondary N) is 1. The van der Waals surface area contributed by atoms with Gasteiger partial charge in [-0.3, -0.25) is 0 Å². The van der Waals surface area contributed by atoms with Gasteiger partial charge in [0.1, 0.15) is 5.75 Å². The number of nitrogens with zero attached hydrogens (tertiary/aromatic N) is 1. The van der Waals surface area contributed by atoms with Gasteiger partial charge in [-0.25, -0.2) is 0 Å². The zero-order chi connectivity index (χ0) is 13.0. The lowest BCUT2D eigenvalue weighted by molar-refractivity contribution is 0.229. The van der Waals surface area contributed by atoms with Crippen LogP contribution in [0.1, 0.15) is 25.3 Å². The van der Waals surface area contributed by atoms with Crippen molar-refractivity contribution in [2.75, 3.05) is 32.1 Å². The maximum Gasteiger partial charge on any atom is 0.119 e. The second-order valence-electron chi connectivity index (χ2n) is 5.03. The highest BCUT2D eigenvalue weighted by molar-refractivity contribution is 5.54. The Bertz CT molecular complexity index is 384. The molecule has 0 aromatic heterocycles. The molecule has 1 heterocycles. The van der Waals surface area contributed by atoms with E-state index in [1.54, 1.807) is 7.11 Å². The highest BCUT2D eigenvalue weighted by Crippen LogP contribution is 2.23. The normalized spacial score (nSPS) is 17.7. The first kappa shape index (κ1) is 13.2. The first-order valence-corrected chi connectivity index (χ1v) is 6.86. The molecule has 3 nitrogen and oxygen atoms in total. The Kier molecular flexibility index (Phi) is 4.48. The number of benzene rings is 1. The molecule has 100 valence electrons. The molecular formula is C15H24N2O. The molecule has 3 heteroatoms. The lowest BCUT2D eigenvalue weighted by Gasteiger charge is -2.32. The summed E-state index contributed by atoms with van der Waals surface area (Å²) in [5.41, 5.74) is 2.50. The van der Waals surface area contributed by atoms with E-state index in [-0.39, 0.29) is 0 Å². The van der Waals surface area contributed by atoms with Crippen LogP contribution in [-0.4, -0.2) is 37.7 Å². The molecule has 0 aliphatic carbocycles. The number of hydrogen-bond donors (Lipinski definition) is 1. The van der Waals surface area contributed by atoms with Crippen LogP contribution in [0.25, 0.3) is 0 Å². The molecule has 1 aromatic rings. The van der Waals surface area contributed by atoms with Crippen LogP contribution in [0.4, 0.5) is 5.69 Å². The van der Waals surface area contributed by atoms with Crippen LogP contribution in [0.2, 0.25) is 0 Å². The highest BCUT2D eigenvalue weighted by atomic mass is 16.5. The topological polar surface area (TPSA) is 24.5 Å². The number of ether oxygens (including phenoxy) is 1. The van der Waals surface area contributed by atoms with E-state index < -0.39 is 0 Å². The Balaban J connectivity index is 1.94. The van der Waals surface area contributed by atoms with E-state index in [1.807, 2.05) is 6.07 Å². The van der Waals surface area contributed by atoms with E-state index >= 15 is 0 Å². The van der Waals surface area contributed by atoms with Crippen molar-refractivity contribution in [3.8, 4) is 5.75 Å². The van der Waals surface area contributed by atoms with Crippen molar-refractivity contribution in [3.05, 3.63) is 23.8 Å². The molecule has 0 atom stereocenters. The summed E-state index contributed by atoms with van der Waals surface area (Å²) in [6.07, 6.45) is 2.47. The van der Waals surface area contributed by atoms with Gasteiger partial charge in [0, 0.05) is 24.8 Å². The van der Waals surface area contributed by atoms with E-state index in [2.05, 4.69) is 36.2 Å². The number of piperidine rings is 1. The number of aryl methyl sites for hydroxylation is 1. The molecule has 1 saturated heterocycles. The Morgan fingerprint density at radius 2 is 2.06 bits per heavy atom. The molecule has 0 saturated carbocycles. The van der Waals surface area contributed by atoms with Gasteiger partial charge in [0.2, 0.25) is 0 Å². The van der Waals surface area contributed by atoms with Gasteiger partial charge in [-0.1, -0.05) is 6.92 Å². The van der Waals surface area contributed by atoms with E-state index in [9.17, 15) is 0 Å². The summed E-state index contributed by atoms with van der Waals surface area (Å²) >= 11 is 0. The Labute approximate surface area is 110 Å². The number of methoxy groups -OCH3 is 1. The molecule has 18 heavy (non-hydrogen) atoms. The summed E-state index contributed by atoms with van der Waals surface area (Å²) in [6, 6.07) is 6.85. The minimum atomic E-state index is 0.611. The largest absolute Gasteiger partial charge is 0.497 e. The third kappa shape index (κ3) is 3.16. The van der Waals surface area contributed by atoms with E-state index in [0.29, 0.717) is 6.04 Å². The summed E-state index contributed by atoms with van der Waals surface area (Å²) in [5, 5.41) is 3.66. The van der Waals surface area contributed by atoms with Gasteiger partial charge in [-0.2, -0.15) is 0 Å². The Hall–Kier alpha value is -1.22. The molecule has 0 amide bonds. The second kappa shape index (κ2) is 6.10. The highest BCUT2D eigenvalue weighted by Gasteiger charge is 2.18. The van der Waals surface area contributed by atoms with Crippen LogP contribution in [0.15, 0.2) is 18.2 Å². The van der Waals surface area contributed by atoms with Crippen LogP contribution < -0.4 is 10.1 Å². The third-order valence-electron chi connectivity index (χ3n) is 3.83. The predicted octanol–water partition coefficient (Wildman–Crippen LogP) is 2.90. The summed E-state index contributed by atoms with van der Waals surface area (Å²) in [6.45, 7) is 7.97. The van der Waals surface area contributed by atoms with Crippen LogP contribution in [0.3, 0.4) is 0 Å². The smallest absolute Gasteiger partial charge is 0.119 e. The fraction of sp³-hybridized carbons (Fsp3) is 0.600. The summed E-state index contributed by atoms with van der Waals surface area (Å²) in [4.78, 5) is 2.51. The monoisotopic (exact) mass is 248 g/mol. The Morgan fingerprint density at radius 1 is 1.33 bits per heavy atom. The molecule has 0 unspecified atom stereocenters. The lowest BCUT2D eigenvalue weighted by atomic mass is 10.0. The van der Waals surface area contributed by atoms with Crippen molar-refractivity contribution in [3.63, 3.8) is 0 Å². The van der Waals surface area contributed by atoms with Gasteiger partial charge < -0.3 is 15.0 Å². The summed E-state index contributed by atoms with van der Waals surface area (Å²) in [7, 11) is 1.71. The standard InChI is InChI=1S/C15H24N2O/c1-4-17-9-7-13(8-10-17)16-15-6-5-14(18-3)11-12(15)2/h5-6,11,13,16H,4,7-10H2,1-3H3. The minimum absolute atomic E-state index is 0.611. The number of anilines is 1. The first-order valence-electron chi connectivity index (χ1n) is 6.86. The van der Waals surface area contributed by atoms with Crippen LogP contribution in [0.5, 0.6) is 5.75 Å². The fourth-order valence-corrected chi connectivity index (χ4v) is 2.54. The van der Waals surface area contributed by atoms with Crippen molar-refractivity contribution in [1.82, 2.24) is 4.90 Å². The molecule has 1 aromatic carbocycles. The average molecular weight is 248 g/mol. The van der Waals surface area contributed by atoms with E-state index in [1.165, 1.54) is 43.7 Å². The molecule has 1 aliphatic rings. The predicted molar refractivity (Wildman–Crippen MR) is 76.5 cm³/mol. The number of hydrogen-bond acceptors (Lipinski definition) is 3. The van der Waals surface area contributed by atoms with Crippen LogP contribution in [0, 0.1) is 6.92 Å². The second-order valence-corrected chi connectivity index (χ2v) is 5.03. The lowest BCUT2D eigenvalue weighted by Crippen LogP contribution is -2.38. The van der Waals surface area contributed by atoms with Crippen molar-refractivity contribution in [2.24, 2.45) is 0 Å². The maximum atomic E-state index is 5.23. The molecule has 0 bridgehead atoms. The van der Waals surface area contributed by atoms with Crippen molar-refractivity contribution in [1.29, 1.82) is 0 Å². The van der Waals surface area contributed by atoms with Gasteiger partial charge in [0.05, 0.1) is 7.11 Å². The SMILES string of the molecule is CCN1CCC(Nc2ccc(OC)cc2C)CC1. The molecule has 2 rings (SSSR count). The van der Waals surface area contributed by atoms with Crippen molar-refractivity contribution in [2.45, 2.75) is 32.7 Å². The van der Waals surface area contributed by atoms with Crippen molar-refractivity contribution < 1.29 is 4.74 Å². The number of likely N-dealkylation sites (tertiary alicyclic amines) is 1. The van der Waals surface area contributed by atoms with Crippen LogP contribution in [-0.2, 0) is 0 Å². The fourth-order valence-electron chi connectivity index (χ4n) is 2.54. The molecule has 0 radical (unpaired) electrons. The first-order chi connectivity index (χ1) is 8.72. The quantitative estimate of drug-likeness (QED) is 0.886. The molecule has 1 N–H and O–H groups in total. The maximum absolute atomic E-state index is 5.23. The van der Waals surface area contributed by atoms with E-state index in [0.717, 1.165) is 5.75 Å². The average Bonchev–Trinajstić information content (AvgIpc) is 2.42. The van der Waals surface area contributed by atoms with Crippen molar-refractivity contribution >= 4 is 5.69 Å². The van der Waals surface area contributed by atoms with Gasteiger partial charge >= 0.3 is 0 Å². The third-order valence-corrected chi connectivity index (χ3v) is 3.83. The summed E-state index contributed by atoms with van der Waals surface area (Å²) in [5.74, 6) is 0.929. The van der Waals surface area contributed by atoms with E-state index in [4.69, 9.17) is 4.74 Å². The van der Waals surface area contributed by atoms with Gasteiger partial charge in [0.25, 0.3) is 0 Å². The summed E-state index contributed by atoms with van der Waals surface area (Å²) < 4.78 is 5.23. The van der Waals surface area contributed by atoms with Crippen LogP contribution >= 0.6 is 0 Å². The zero-order valence-electron chi connectivity index (χ0n) is 11.7. The van der Waals surface area contributed by atoms with Gasteiger partial charge in [0.15, 0.2) is 0 Å².